The van der Waals surface area contributed by atoms with Crippen molar-refractivity contribution in [3.63, 3.8) is 0 Å². The fraction of sp³-hybridized carbons (Fsp3) is 0.667. The van der Waals surface area contributed by atoms with Gasteiger partial charge in [0, 0.05) is 39.8 Å². The number of methoxy groups -OCH3 is 1. The molecule has 1 aliphatic heterocycles. The van der Waals surface area contributed by atoms with Gasteiger partial charge in [-0.1, -0.05) is 18.6 Å². The molecule has 1 aromatic carbocycles. The van der Waals surface area contributed by atoms with Crippen LogP contribution < -0.4 is 10.1 Å². The van der Waals surface area contributed by atoms with E-state index in [4.69, 9.17) is 14.5 Å². The van der Waals surface area contributed by atoms with Gasteiger partial charge in [0.15, 0.2) is 5.96 Å². The number of guanidine groups is 1. The molecule has 1 spiro atoms. The van der Waals surface area contributed by atoms with Gasteiger partial charge in [0.1, 0.15) is 5.75 Å². The molecule has 1 aliphatic carbocycles. The minimum Gasteiger partial charge on any atom is -0.493 e. The third kappa shape index (κ3) is 4.91. The number of hydrogen-bond acceptors (Lipinski definition) is 3. The maximum atomic E-state index is 5.80. The first-order chi connectivity index (χ1) is 12.7. The summed E-state index contributed by atoms with van der Waals surface area (Å²) in [6, 6.07) is 8.26. The van der Waals surface area contributed by atoms with Crippen LogP contribution in [-0.4, -0.2) is 50.8 Å². The Kier molecular flexibility index (Phi) is 6.78. The lowest BCUT2D eigenvalue weighted by molar-refractivity contribution is 0.151. The van der Waals surface area contributed by atoms with Gasteiger partial charge in [-0.3, -0.25) is 0 Å². The Labute approximate surface area is 157 Å². The maximum absolute atomic E-state index is 5.80. The highest BCUT2D eigenvalue weighted by Gasteiger charge is 2.43. The molecule has 144 valence electrons. The van der Waals surface area contributed by atoms with Crippen molar-refractivity contribution in [3.8, 4) is 5.75 Å². The van der Waals surface area contributed by atoms with E-state index in [0.717, 1.165) is 37.8 Å². The van der Waals surface area contributed by atoms with E-state index in [9.17, 15) is 0 Å². The van der Waals surface area contributed by atoms with E-state index in [1.54, 1.807) is 7.11 Å². The number of benzene rings is 1. The number of likely N-dealkylation sites (tertiary alicyclic amines) is 1. The van der Waals surface area contributed by atoms with Gasteiger partial charge in [0.25, 0.3) is 0 Å². The Bertz CT molecular complexity index is 599. The molecule has 1 saturated heterocycles. The molecule has 1 saturated carbocycles. The predicted octanol–water partition coefficient (Wildman–Crippen LogP) is 3.44. The molecular formula is C21H33N3O2. The molecule has 0 aromatic heterocycles. The molecule has 1 heterocycles. The number of nitrogens with one attached hydrogen (secondary N) is 1. The SMILES string of the molecule is CCNC(=NCc1cccc(OCCCOC)c1)N1CCC2(CCC2)C1. The third-order valence-electron chi connectivity index (χ3n) is 5.56. The van der Waals surface area contributed by atoms with Gasteiger partial charge in [-0.2, -0.15) is 0 Å². The number of ether oxygens (including phenoxy) is 2. The summed E-state index contributed by atoms with van der Waals surface area (Å²) in [6.07, 6.45) is 6.41. The minimum absolute atomic E-state index is 0.589. The monoisotopic (exact) mass is 359 g/mol. The Balaban J connectivity index is 1.57. The first kappa shape index (κ1) is 19.0. The van der Waals surface area contributed by atoms with Gasteiger partial charge in [0.05, 0.1) is 13.2 Å². The smallest absolute Gasteiger partial charge is 0.194 e. The summed E-state index contributed by atoms with van der Waals surface area (Å²) in [5, 5.41) is 3.47. The van der Waals surface area contributed by atoms with E-state index in [1.807, 2.05) is 12.1 Å². The Hall–Kier alpha value is -1.75. The molecule has 0 amide bonds. The van der Waals surface area contributed by atoms with E-state index >= 15 is 0 Å². The summed E-state index contributed by atoms with van der Waals surface area (Å²) >= 11 is 0. The second-order valence-corrected chi connectivity index (χ2v) is 7.54. The summed E-state index contributed by atoms with van der Waals surface area (Å²) in [6.45, 7) is 7.44. The van der Waals surface area contributed by atoms with Crippen LogP contribution >= 0.6 is 0 Å². The summed E-state index contributed by atoms with van der Waals surface area (Å²) in [7, 11) is 1.72. The summed E-state index contributed by atoms with van der Waals surface area (Å²) in [5.41, 5.74) is 1.77. The van der Waals surface area contributed by atoms with Crippen LogP contribution in [0.4, 0.5) is 0 Å². The zero-order valence-electron chi connectivity index (χ0n) is 16.3. The van der Waals surface area contributed by atoms with Crippen molar-refractivity contribution in [2.45, 2.75) is 45.6 Å². The largest absolute Gasteiger partial charge is 0.493 e. The van der Waals surface area contributed by atoms with Crippen LogP contribution in [0.2, 0.25) is 0 Å². The van der Waals surface area contributed by atoms with Crippen LogP contribution in [0.3, 0.4) is 0 Å². The molecule has 0 atom stereocenters. The molecule has 1 N–H and O–H groups in total. The zero-order chi connectivity index (χ0) is 18.2. The van der Waals surface area contributed by atoms with E-state index in [1.165, 1.54) is 37.8 Å². The topological polar surface area (TPSA) is 46.1 Å². The van der Waals surface area contributed by atoms with Crippen LogP contribution in [0, 0.1) is 5.41 Å². The van der Waals surface area contributed by atoms with E-state index in [-0.39, 0.29) is 0 Å². The van der Waals surface area contributed by atoms with Gasteiger partial charge in [-0.05, 0) is 49.3 Å². The predicted molar refractivity (Wildman–Crippen MR) is 106 cm³/mol. The van der Waals surface area contributed by atoms with E-state index < -0.39 is 0 Å². The standard InChI is InChI=1S/C21H33N3O2/c1-3-22-20(24-12-11-21(17-24)9-5-10-21)23-16-18-7-4-8-19(15-18)26-14-6-13-25-2/h4,7-8,15H,3,5-6,9-14,16-17H2,1-2H3,(H,22,23). The van der Waals surface area contributed by atoms with Crippen molar-refractivity contribution in [2.75, 3.05) is 40.0 Å². The molecular weight excluding hydrogens is 326 g/mol. The Morgan fingerprint density at radius 3 is 2.85 bits per heavy atom. The fourth-order valence-electron chi connectivity index (χ4n) is 3.92. The molecule has 0 radical (unpaired) electrons. The van der Waals surface area contributed by atoms with Crippen LogP contribution in [0.25, 0.3) is 0 Å². The van der Waals surface area contributed by atoms with Crippen molar-refractivity contribution < 1.29 is 9.47 Å². The molecule has 5 nitrogen and oxygen atoms in total. The van der Waals surface area contributed by atoms with Crippen LogP contribution in [0.15, 0.2) is 29.3 Å². The molecule has 2 fully saturated rings. The van der Waals surface area contributed by atoms with Crippen LogP contribution in [0.5, 0.6) is 5.75 Å². The Morgan fingerprint density at radius 2 is 2.15 bits per heavy atom. The average molecular weight is 360 g/mol. The number of rotatable bonds is 8. The molecule has 26 heavy (non-hydrogen) atoms. The van der Waals surface area contributed by atoms with Crippen molar-refractivity contribution in [3.05, 3.63) is 29.8 Å². The summed E-state index contributed by atoms with van der Waals surface area (Å²) in [5.74, 6) is 1.97. The van der Waals surface area contributed by atoms with Gasteiger partial charge in [0.2, 0.25) is 0 Å². The van der Waals surface area contributed by atoms with Crippen LogP contribution in [-0.2, 0) is 11.3 Å². The zero-order valence-corrected chi connectivity index (χ0v) is 16.3. The van der Waals surface area contributed by atoms with E-state index in [0.29, 0.717) is 18.6 Å². The number of aliphatic imine (C=N–C) groups is 1. The van der Waals surface area contributed by atoms with Gasteiger partial charge in [-0.25, -0.2) is 4.99 Å². The summed E-state index contributed by atoms with van der Waals surface area (Å²) < 4.78 is 10.9. The molecule has 5 heteroatoms. The fourth-order valence-corrected chi connectivity index (χ4v) is 3.92. The molecule has 3 rings (SSSR count). The quantitative estimate of drug-likeness (QED) is 0.439. The highest BCUT2D eigenvalue weighted by molar-refractivity contribution is 5.80. The lowest BCUT2D eigenvalue weighted by Crippen LogP contribution is -2.42. The van der Waals surface area contributed by atoms with Gasteiger partial charge >= 0.3 is 0 Å². The molecule has 0 unspecified atom stereocenters. The maximum Gasteiger partial charge on any atom is 0.194 e. The minimum atomic E-state index is 0.589. The van der Waals surface area contributed by atoms with Crippen molar-refractivity contribution >= 4 is 5.96 Å². The van der Waals surface area contributed by atoms with Gasteiger partial charge in [-0.15, -0.1) is 0 Å². The second kappa shape index (κ2) is 9.26. The molecule has 2 aliphatic rings. The highest BCUT2D eigenvalue weighted by atomic mass is 16.5. The van der Waals surface area contributed by atoms with Crippen molar-refractivity contribution in [2.24, 2.45) is 10.4 Å². The lowest BCUT2D eigenvalue weighted by atomic mass is 9.68. The van der Waals surface area contributed by atoms with Crippen molar-refractivity contribution in [1.29, 1.82) is 0 Å². The van der Waals surface area contributed by atoms with E-state index in [2.05, 4.69) is 29.3 Å². The molecule has 0 bridgehead atoms. The average Bonchev–Trinajstić information content (AvgIpc) is 3.09. The highest BCUT2D eigenvalue weighted by Crippen LogP contribution is 2.47. The van der Waals surface area contributed by atoms with Gasteiger partial charge < -0.3 is 19.7 Å². The van der Waals surface area contributed by atoms with Crippen molar-refractivity contribution in [1.82, 2.24) is 10.2 Å². The number of nitrogens with zero attached hydrogens (tertiary/aromatic N) is 2. The normalized spacial score (nSPS) is 18.8. The first-order valence-electron chi connectivity index (χ1n) is 9.99. The Morgan fingerprint density at radius 1 is 1.27 bits per heavy atom. The summed E-state index contributed by atoms with van der Waals surface area (Å²) in [4.78, 5) is 7.35. The first-order valence-corrected chi connectivity index (χ1v) is 9.99. The molecule has 1 aromatic rings. The second-order valence-electron chi connectivity index (χ2n) is 7.54. The lowest BCUT2D eigenvalue weighted by Gasteiger charge is -2.38. The third-order valence-corrected chi connectivity index (χ3v) is 5.56. The number of hydrogen-bond donors (Lipinski definition) is 1. The van der Waals surface area contributed by atoms with Crippen LogP contribution in [0.1, 0.15) is 44.6 Å².